The highest BCUT2D eigenvalue weighted by Gasteiger charge is 2.53. The Labute approximate surface area is 489 Å². The predicted molar refractivity (Wildman–Crippen MR) is 309 cm³/mol. The number of carbonyl (C=O) groups is 5. The molecule has 1 amide bonds. The van der Waals surface area contributed by atoms with Crippen molar-refractivity contribution in [3.63, 3.8) is 0 Å². The number of esters is 1. The number of ketones is 3. The van der Waals surface area contributed by atoms with Crippen LogP contribution in [-0.4, -0.2) is 196 Å². The Morgan fingerprint density at radius 3 is 2.22 bits per heavy atom. The third-order valence-electron chi connectivity index (χ3n) is 18.0. The Morgan fingerprint density at radius 2 is 1.52 bits per heavy atom. The first-order valence-corrected chi connectivity index (χ1v) is 30.9. The van der Waals surface area contributed by atoms with E-state index < -0.39 is 77.8 Å². The minimum absolute atomic E-state index is 0.00467. The molecule has 2 bridgehead atoms. The molecule has 2 N–H and O–H groups in total. The number of allylic oxidation sites excluding steroid dienone is 6. The van der Waals surface area contributed by atoms with Crippen LogP contribution in [0.4, 0.5) is 0 Å². The van der Waals surface area contributed by atoms with Gasteiger partial charge in [0.2, 0.25) is 5.79 Å². The van der Waals surface area contributed by atoms with Crippen LogP contribution in [0.1, 0.15) is 146 Å². The smallest absolute Gasteiger partial charge is 0.329 e. The van der Waals surface area contributed by atoms with E-state index in [1.807, 2.05) is 58.1 Å². The van der Waals surface area contributed by atoms with E-state index in [1.54, 1.807) is 34.0 Å². The Bertz CT molecular complexity index is 2190. The average molecular weight is 1160 g/mol. The molecule has 18 heteroatoms. The maximum Gasteiger partial charge on any atom is 0.329 e. The van der Waals surface area contributed by atoms with Crippen molar-refractivity contribution in [2.45, 2.75) is 219 Å². The van der Waals surface area contributed by atoms with E-state index in [0.29, 0.717) is 76.9 Å². The fourth-order valence-corrected chi connectivity index (χ4v) is 12.9. The van der Waals surface area contributed by atoms with E-state index in [9.17, 15) is 34.2 Å². The number of nitrogens with zero attached hydrogens (tertiary/aromatic N) is 2. The van der Waals surface area contributed by atoms with Crippen molar-refractivity contribution in [2.24, 2.45) is 35.5 Å². The summed E-state index contributed by atoms with van der Waals surface area (Å²) in [6, 6.07) is -1.16. The van der Waals surface area contributed by atoms with Gasteiger partial charge in [-0.05, 0) is 127 Å². The van der Waals surface area contributed by atoms with E-state index >= 15 is 0 Å². The number of aliphatic hydroxyl groups is 2. The lowest BCUT2D eigenvalue weighted by Gasteiger charge is -2.43. The number of carbonyl (C=O) groups excluding carboxylic acids is 5. The van der Waals surface area contributed by atoms with Crippen molar-refractivity contribution >= 4 is 29.2 Å². The maximum atomic E-state index is 14.7. The largest absolute Gasteiger partial charge is 0.460 e. The Hall–Kier alpha value is -3.53. The highest BCUT2D eigenvalue weighted by Crippen LogP contribution is 2.38. The fraction of sp³-hybridized carbons (Fsp3) is 0.797. The van der Waals surface area contributed by atoms with Gasteiger partial charge in [-0.15, -0.1) is 0 Å². The summed E-state index contributed by atoms with van der Waals surface area (Å²) in [5.74, 6) is -8.01. The summed E-state index contributed by atoms with van der Waals surface area (Å²) in [7, 11) is 3.10. The van der Waals surface area contributed by atoms with Crippen LogP contribution in [0.25, 0.3) is 0 Å². The summed E-state index contributed by atoms with van der Waals surface area (Å²) in [5.41, 5.74) is 1.25. The Balaban J connectivity index is 1.23. The molecular formula is C64H102N2O16. The molecule has 6 rings (SSSR count). The standard InChI is InChI=1S/C64H102N2O16/c1-40-18-13-12-14-19-41(2)55(79-29-28-77-51-38-76-39-51)34-50-23-21-46(7)64(73,82-50)61(70)62(71)66-26-16-15-20-52(66)63(72)81-56(35-53(67)42(3)31-45(6)59(69)60(75-11)58(68)44(5)30-40)43(4)32-49-22-24-54(57(33-49)74-10)78-27-17-25-65-36-47(8)80-48(9)37-65/h12-14,18-19,31,40,42-44,46-52,54-57,59-60,69,73H,15-17,20-30,32-39H2,1-11H3/b14-12+,18-13+,41-19+,45-31+/t40-,42-,43-,44-,46-,47-,48+,49+,50+,52+,54-,55-,56+,57-,59-,60+,64-/m1/s1. The van der Waals surface area contributed by atoms with Crippen molar-refractivity contribution < 1.29 is 76.8 Å². The molecule has 0 radical (unpaired) electrons. The second-order valence-electron chi connectivity index (χ2n) is 25.0. The number of hydrogen-bond donors (Lipinski definition) is 2. The lowest BCUT2D eigenvalue weighted by Crippen LogP contribution is -2.61. The topological polar surface area (TPSA) is 215 Å². The van der Waals surface area contributed by atoms with Gasteiger partial charge in [-0.2, -0.15) is 0 Å². The van der Waals surface area contributed by atoms with Gasteiger partial charge in [0, 0.05) is 77.6 Å². The highest BCUT2D eigenvalue weighted by molar-refractivity contribution is 6.39. The number of aliphatic hydroxyl groups excluding tert-OH is 1. The maximum absolute atomic E-state index is 14.7. The molecule has 1 saturated carbocycles. The van der Waals surface area contributed by atoms with E-state index in [2.05, 4.69) is 18.7 Å². The quantitative estimate of drug-likeness (QED) is 0.0703. The lowest BCUT2D eigenvalue weighted by molar-refractivity contribution is -0.266. The first-order valence-electron chi connectivity index (χ1n) is 30.9. The number of fused-ring (bicyclic) bond motifs is 3. The number of morpholine rings is 1. The molecule has 5 heterocycles. The van der Waals surface area contributed by atoms with Crippen molar-refractivity contribution in [1.29, 1.82) is 0 Å². The van der Waals surface area contributed by atoms with Gasteiger partial charge in [0.25, 0.3) is 11.7 Å². The van der Waals surface area contributed by atoms with Crippen LogP contribution in [-0.2, 0) is 66.6 Å². The third kappa shape index (κ3) is 19.2. The molecule has 4 saturated heterocycles. The second kappa shape index (κ2) is 32.8. The first kappa shape index (κ1) is 67.6. The number of hydrogen-bond acceptors (Lipinski definition) is 17. The molecule has 6 aliphatic rings. The third-order valence-corrected chi connectivity index (χ3v) is 18.0. The minimum atomic E-state index is -2.47. The molecule has 18 nitrogen and oxygen atoms in total. The molecule has 0 aromatic carbocycles. The SMILES string of the molecule is CO[C@@H]1C[C@H](C[C@@H](C)[C@@H]2CC(=O)[C@H](C)/C=C(\C)[C@@H](O)[C@@H](OC)C(=O)[C@H](C)C[C@H](C)/C=C/C=C/C=C(\C)[C@H](OCCOC3COC3)C[C@@H]3CC[C@@H](C)[C@@](O)(O3)C(=O)C(=O)N3CCCC[C@H]3C(=O)O2)CC[C@H]1OCCCN1C[C@@H](C)O[C@@H](C)C1. The Morgan fingerprint density at radius 1 is 0.793 bits per heavy atom. The number of ether oxygens (including phenoxy) is 9. The highest BCUT2D eigenvalue weighted by atomic mass is 16.6. The molecule has 0 unspecified atom stereocenters. The van der Waals surface area contributed by atoms with Crippen LogP contribution < -0.4 is 0 Å². The van der Waals surface area contributed by atoms with Crippen LogP contribution in [0.3, 0.4) is 0 Å². The van der Waals surface area contributed by atoms with Crippen LogP contribution in [0.5, 0.6) is 0 Å². The minimum Gasteiger partial charge on any atom is -0.460 e. The van der Waals surface area contributed by atoms with Gasteiger partial charge in [0.1, 0.15) is 36.2 Å². The van der Waals surface area contributed by atoms with E-state index in [0.717, 1.165) is 44.5 Å². The zero-order valence-corrected chi connectivity index (χ0v) is 51.3. The zero-order valence-electron chi connectivity index (χ0n) is 51.3. The second-order valence-corrected chi connectivity index (χ2v) is 25.0. The number of cyclic esters (lactones) is 1. The summed E-state index contributed by atoms with van der Waals surface area (Å²) in [6.45, 7) is 22.2. The van der Waals surface area contributed by atoms with E-state index in [-0.39, 0.29) is 92.3 Å². The molecule has 0 aromatic heterocycles. The summed E-state index contributed by atoms with van der Waals surface area (Å²) in [6.07, 6.45) is 13.5. The fourth-order valence-electron chi connectivity index (χ4n) is 12.9. The molecule has 1 aliphatic carbocycles. The molecular weight excluding hydrogens is 1050 g/mol. The summed E-state index contributed by atoms with van der Waals surface area (Å²) in [4.78, 5) is 75.9. The number of piperidine rings is 1. The first-order chi connectivity index (χ1) is 39.1. The molecule has 464 valence electrons. The van der Waals surface area contributed by atoms with Crippen LogP contribution in [0.15, 0.2) is 47.6 Å². The van der Waals surface area contributed by atoms with Crippen LogP contribution >= 0.6 is 0 Å². The number of Topliss-reactive ketones (excluding diaryl/α,β-unsaturated/α-hetero) is 3. The molecule has 0 spiro atoms. The van der Waals surface area contributed by atoms with Crippen LogP contribution in [0.2, 0.25) is 0 Å². The molecule has 82 heavy (non-hydrogen) atoms. The average Bonchev–Trinajstić information content (AvgIpc) is 3.61. The zero-order chi connectivity index (χ0) is 59.7. The summed E-state index contributed by atoms with van der Waals surface area (Å²) in [5, 5.41) is 23.9. The summed E-state index contributed by atoms with van der Waals surface area (Å²) >= 11 is 0. The van der Waals surface area contributed by atoms with E-state index in [1.165, 1.54) is 12.0 Å². The van der Waals surface area contributed by atoms with Crippen molar-refractivity contribution in [1.82, 2.24) is 9.80 Å². The normalized spacial score (nSPS) is 38.8. The number of amides is 1. The van der Waals surface area contributed by atoms with Gasteiger partial charge < -0.3 is 57.7 Å². The molecule has 0 aromatic rings. The number of rotatable bonds is 15. The van der Waals surface area contributed by atoms with E-state index in [4.69, 9.17) is 42.6 Å². The van der Waals surface area contributed by atoms with Crippen LogP contribution in [0, 0.1) is 35.5 Å². The van der Waals surface area contributed by atoms with Gasteiger partial charge in [0.05, 0.1) is 63.1 Å². The van der Waals surface area contributed by atoms with Gasteiger partial charge in [-0.1, -0.05) is 71.1 Å². The van der Waals surface area contributed by atoms with Crippen molar-refractivity contribution in [2.75, 3.05) is 73.4 Å². The number of methoxy groups -OCH3 is 2. The van der Waals surface area contributed by atoms with Gasteiger partial charge in [-0.3, -0.25) is 24.1 Å². The van der Waals surface area contributed by atoms with Gasteiger partial charge >= 0.3 is 5.97 Å². The monoisotopic (exact) mass is 1150 g/mol. The summed E-state index contributed by atoms with van der Waals surface area (Å²) < 4.78 is 54.4. The molecule has 17 atom stereocenters. The molecule has 5 aliphatic heterocycles. The Kier molecular flexibility index (Phi) is 27.1. The molecule has 5 fully saturated rings. The van der Waals surface area contributed by atoms with Crippen molar-refractivity contribution in [3.8, 4) is 0 Å². The van der Waals surface area contributed by atoms with Gasteiger partial charge in [-0.25, -0.2) is 4.79 Å². The van der Waals surface area contributed by atoms with Crippen molar-refractivity contribution in [3.05, 3.63) is 47.6 Å². The predicted octanol–water partition coefficient (Wildman–Crippen LogP) is 7.49. The lowest BCUT2D eigenvalue weighted by atomic mass is 9.78. The van der Waals surface area contributed by atoms with Gasteiger partial charge in [0.15, 0.2) is 5.78 Å².